The second kappa shape index (κ2) is 2.61. The highest BCUT2D eigenvalue weighted by atomic mass is 16.3. The fourth-order valence-electron chi connectivity index (χ4n) is 2.19. The van der Waals surface area contributed by atoms with Crippen LogP contribution in [0.4, 0.5) is 0 Å². The maximum Gasteiger partial charge on any atom is 0.0528 e. The number of aromatic nitrogens is 1. The molecule has 72 valence electrons. The van der Waals surface area contributed by atoms with E-state index in [4.69, 9.17) is 0 Å². The van der Waals surface area contributed by atoms with E-state index in [9.17, 15) is 5.11 Å². The molecule has 1 heterocycles. The van der Waals surface area contributed by atoms with Gasteiger partial charge in [0, 0.05) is 17.1 Å². The Labute approximate surface area is 82.6 Å². The molecule has 1 aliphatic carbocycles. The lowest BCUT2D eigenvalue weighted by atomic mass is 9.95. The average Bonchev–Trinajstić information content (AvgIpc) is 2.87. The maximum absolute atomic E-state index is 9.39. The molecule has 1 aromatic heterocycles. The number of nitrogens with one attached hydrogen (secondary N) is 1. The Morgan fingerprint density at radius 1 is 1.29 bits per heavy atom. The zero-order valence-electron chi connectivity index (χ0n) is 7.96. The lowest BCUT2D eigenvalue weighted by molar-refractivity contribution is 0.255. The Bertz CT molecular complexity index is 468. The molecule has 1 aliphatic rings. The average molecular weight is 187 g/mol. The molecule has 2 N–H and O–H groups in total. The molecule has 14 heavy (non-hydrogen) atoms. The molecule has 1 saturated carbocycles. The molecule has 0 amide bonds. The van der Waals surface area contributed by atoms with E-state index >= 15 is 0 Å². The van der Waals surface area contributed by atoms with Crippen LogP contribution in [-0.4, -0.2) is 16.7 Å². The van der Waals surface area contributed by atoms with E-state index in [1.54, 1.807) is 0 Å². The summed E-state index contributed by atoms with van der Waals surface area (Å²) in [5.41, 5.74) is 2.53. The minimum absolute atomic E-state index is 0.0599. The van der Waals surface area contributed by atoms with E-state index in [1.807, 2.05) is 6.20 Å². The van der Waals surface area contributed by atoms with Crippen LogP contribution >= 0.6 is 0 Å². The first-order chi connectivity index (χ1) is 6.86. The highest BCUT2D eigenvalue weighted by Gasteiger charge is 2.44. The summed E-state index contributed by atoms with van der Waals surface area (Å²) in [5.74, 6) is 0. The first kappa shape index (κ1) is 8.06. The van der Waals surface area contributed by atoms with Crippen LogP contribution in [0.3, 0.4) is 0 Å². The van der Waals surface area contributed by atoms with Gasteiger partial charge in [-0.2, -0.15) is 0 Å². The quantitative estimate of drug-likeness (QED) is 0.742. The number of H-pyrrole nitrogens is 1. The zero-order valence-corrected chi connectivity index (χ0v) is 7.96. The summed E-state index contributed by atoms with van der Waals surface area (Å²) in [5, 5.41) is 10.6. The summed E-state index contributed by atoms with van der Waals surface area (Å²) in [6, 6.07) is 8.37. The minimum atomic E-state index is 0.0599. The number of fused-ring (bicyclic) bond motifs is 1. The first-order valence-electron chi connectivity index (χ1n) is 5.03. The minimum Gasteiger partial charge on any atom is -0.395 e. The van der Waals surface area contributed by atoms with Crippen molar-refractivity contribution in [2.45, 2.75) is 18.3 Å². The van der Waals surface area contributed by atoms with E-state index < -0.39 is 0 Å². The van der Waals surface area contributed by atoms with Gasteiger partial charge in [0.05, 0.1) is 6.61 Å². The number of aromatic amines is 1. The molecule has 0 spiro atoms. The van der Waals surface area contributed by atoms with Crippen LogP contribution in [0.2, 0.25) is 0 Å². The van der Waals surface area contributed by atoms with E-state index in [1.165, 1.54) is 16.5 Å². The van der Waals surface area contributed by atoms with Crippen molar-refractivity contribution in [3.8, 4) is 0 Å². The van der Waals surface area contributed by atoms with Gasteiger partial charge in [-0.25, -0.2) is 0 Å². The van der Waals surface area contributed by atoms with Crippen LogP contribution in [0.15, 0.2) is 30.5 Å². The predicted molar refractivity (Wildman–Crippen MR) is 56.3 cm³/mol. The van der Waals surface area contributed by atoms with Gasteiger partial charge in [0.2, 0.25) is 0 Å². The maximum atomic E-state index is 9.39. The molecule has 0 aliphatic heterocycles. The van der Waals surface area contributed by atoms with Crippen LogP contribution < -0.4 is 0 Å². The number of aliphatic hydroxyl groups excluding tert-OH is 1. The summed E-state index contributed by atoms with van der Waals surface area (Å²) in [4.78, 5) is 3.26. The van der Waals surface area contributed by atoms with Gasteiger partial charge >= 0.3 is 0 Å². The van der Waals surface area contributed by atoms with Crippen molar-refractivity contribution in [1.29, 1.82) is 0 Å². The molecule has 2 aromatic rings. The second-order valence-electron chi connectivity index (χ2n) is 4.19. The van der Waals surface area contributed by atoms with Gasteiger partial charge in [0.25, 0.3) is 0 Å². The molecule has 0 atom stereocenters. The Hall–Kier alpha value is -1.28. The van der Waals surface area contributed by atoms with Gasteiger partial charge in [0.15, 0.2) is 0 Å². The highest BCUT2D eigenvalue weighted by Crippen LogP contribution is 2.49. The third-order valence-electron chi connectivity index (χ3n) is 3.31. The van der Waals surface area contributed by atoms with Crippen molar-refractivity contribution in [2.24, 2.45) is 0 Å². The van der Waals surface area contributed by atoms with Crippen molar-refractivity contribution >= 4 is 10.9 Å². The number of para-hydroxylation sites is 1. The van der Waals surface area contributed by atoms with Crippen molar-refractivity contribution < 1.29 is 5.11 Å². The monoisotopic (exact) mass is 187 g/mol. The molecule has 1 fully saturated rings. The largest absolute Gasteiger partial charge is 0.395 e. The number of hydrogen-bond donors (Lipinski definition) is 2. The Kier molecular flexibility index (Phi) is 1.50. The fraction of sp³-hybridized carbons (Fsp3) is 0.333. The Balaban J connectivity index is 2.25. The number of hydrogen-bond acceptors (Lipinski definition) is 1. The molecule has 0 saturated heterocycles. The second-order valence-corrected chi connectivity index (χ2v) is 4.19. The van der Waals surface area contributed by atoms with E-state index in [-0.39, 0.29) is 12.0 Å². The smallest absolute Gasteiger partial charge is 0.0528 e. The van der Waals surface area contributed by atoms with Gasteiger partial charge in [-0.15, -0.1) is 0 Å². The lowest BCUT2D eigenvalue weighted by Crippen LogP contribution is -2.12. The lowest BCUT2D eigenvalue weighted by Gasteiger charge is -2.12. The highest BCUT2D eigenvalue weighted by molar-refractivity contribution is 5.84. The number of rotatable bonds is 2. The van der Waals surface area contributed by atoms with E-state index in [0.717, 1.165) is 12.8 Å². The van der Waals surface area contributed by atoms with Crippen molar-refractivity contribution in [2.75, 3.05) is 6.61 Å². The number of benzene rings is 1. The van der Waals surface area contributed by atoms with Gasteiger partial charge in [-0.1, -0.05) is 18.2 Å². The topological polar surface area (TPSA) is 36.0 Å². The predicted octanol–water partition coefficient (Wildman–Crippen LogP) is 2.19. The molecule has 0 unspecified atom stereocenters. The Morgan fingerprint density at radius 3 is 2.86 bits per heavy atom. The van der Waals surface area contributed by atoms with Crippen LogP contribution in [-0.2, 0) is 5.41 Å². The number of aliphatic hydroxyl groups is 1. The molecule has 2 heteroatoms. The Morgan fingerprint density at radius 2 is 2.14 bits per heavy atom. The first-order valence-corrected chi connectivity index (χ1v) is 5.03. The van der Waals surface area contributed by atoms with Gasteiger partial charge < -0.3 is 10.1 Å². The molecular formula is C12H13NO. The van der Waals surface area contributed by atoms with Crippen LogP contribution in [0.25, 0.3) is 10.9 Å². The van der Waals surface area contributed by atoms with E-state index in [2.05, 4.69) is 29.2 Å². The SMILES string of the molecule is OCC1(c2cccc3cc[nH]c23)CC1. The van der Waals surface area contributed by atoms with Gasteiger partial charge in [0.1, 0.15) is 0 Å². The van der Waals surface area contributed by atoms with Crippen LogP contribution in [0.5, 0.6) is 0 Å². The van der Waals surface area contributed by atoms with Crippen molar-refractivity contribution in [3.05, 3.63) is 36.0 Å². The summed E-state index contributed by atoms with van der Waals surface area (Å²) >= 11 is 0. The van der Waals surface area contributed by atoms with Crippen LogP contribution in [0.1, 0.15) is 18.4 Å². The van der Waals surface area contributed by atoms with Crippen molar-refractivity contribution in [1.82, 2.24) is 4.98 Å². The van der Waals surface area contributed by atoms with Gasteiger partial charge in [-0.3, -0.25) is 0 Å². The summed E-state index contributed by atoms with van der Waals surface area (Å²) < 4.78 is 0. The summed E-state index contributed by atoms with van der Waals surface area (Å²) in [7, 11) is 0. The summed E-state index contributed by atoms with van der Waals surface area (Å²) in [6.07, 6.45) is 4.19. The molecule has 2 nitrogen and oxygen atoms in total. The fourth-order valence-corrected chi connectivity index (χ4v) is 2.19. The van der Waals surface area contributed by atoms with E-state index in [0.29, 0.717) is 0 Å². The molecular weight excluding hydrogens is 174 g/mol. The standard InChI is InChI=1S/C12H13NO/c14-8-12(5-6-12)10-3-1-2-9-4-7-13-11(9)10/h1-4,7,13-14H,5-6,8H2. The third-order valence-corrected chi connectivity index (χ3v) is 3.31. The molecule has 0 bridgehead atoms. The van der Waals surface area contributed by atoms with Gasteiger partial charge in [-0.05, 0) is 29.9 Å². The molecule has 3 rings (SSSR count). The third kappa shape index (κ3) is 0.946. The molecule has 1 aromatic carbocycles. The zero-order chi connectivity index (χ0) is 9.60. The van der Waals surface area contributed by atoms with Crippen molar-refractivity contribution in [3.63, 3.8) is 0 Å². The van der Waals surface area contributed by atoms with Crippen LogP contribution in [0, 0.1) is 0 Å². The normalized spacial score (nSPS) is 18.6. The molecule has 0 radical (unpaired) electrons. The summed E-state index contributed by atoms with van der Waals surface area (Å²) in [6.45, 7) is 0.269.